The summed E-state index contributed by atoms with van der Waals surface area (Å²) in [7, 11) is 0. The maximum Gasteiger partial charge on any atom is 0.143 e. The number of halogens is 1. The van der Waals surface area contributed by atoms with E-state index < -0.39 is 5.82 Å². The van der Waals surface area contributed by atoms with E-state index >= 15 is 0 Å². The first-order valence-corrected chi connectivity index (χ1v) is 6.64. The molecule has 0 fully saturated rings. The molecule has 0 radical (unpaired) electrons. The number of fused-ring (bicyclic) bond motifs is 1. The molecule has 104 valence electrons. The highest BCUT2D eigenvalue weighted by atomic mass is 19.1. The second-order valence-electron chi connectivity index (χ2n) is 4.65. The van der Waals surface area contributed by atoms with E-state index in [1.807, 2.05) is 30.3 Å². The number of anilines is 1. The molecule has 0 saturated carbocycles. The summed E-state index contributed by atoms with van der Waals surface area (Å²) in [5.74, 6) is 0.352. The lowest BCUT2D eigenvalue weighted by atomic mass is 10.2. The van der Waals surface area contributed by atoms with Gasteiger partial charge < -0.3 is 10.3 Å². The highest BCUT2D eigenvalue weighted by Crippen LogP contribution is 2.17. The van der Waals surface area contributed by atoms with Crippen LogP contribution in [0.4, 0.5) is 10.1 Å². The molecule has 0 unspecified atom stereocenters. The molecule has 4 nitrogen and oxygen atoms in total. The topological polar surface area (TPSA) is 64.5 Å². The van der Waals surface area contributed by atoms with Crippen LogP contribution < -0.4 is 5.32 Å². The highest BCUT2D eigenvalue weighted by molar-refractivity contribution is 5.74. The molecule has 0 aliphatic heterocycles. The van der Waals surface area contributed by atoms with Crippen molar-refractivity contribution in [1.82, 2.24) is 9.97 Å². The van der Waals surface area contributed by atoms with Crippen LogP contribution in [0.25, 0.3) is 11.0 Å². The predicted octanol–water partition coefficient (Wildman–Crippen LogP) is 3.23. The molecule has 0 aliphatic rings. The van der Waals surface area contributed by atoms with Crippen molar-refractivity contribution in [2.75, 3.05) is 11.9 Å². The van der Waals surface area contributed by atoms with Gasteiger partial charge in [-0.25, -0.2) is 9.37 Å². The molecule has 3 rings (SSSR count). The van der Waals surface area contributed by atoms with Gasteiger partial charge in [-0.3, -0.25) is 0 Å². The highest BCUT2D eigenvalue weighted by Gasteiger charge is 2.07. The Balaban J connectivity index is 1.69. The second kappa shape index (κ2) is 5.63. The molecule has 21 heavy (non-hydrogen) atoms. The molecule has 2 N–H and O–H groups in total. The summed E-state index contributed by atoms with van der Waals surface area (Å²) in [5, 5.41) is 12.0. The number of imidazole rings is 1. The van der Waals surface area contributed by atoms with Crippen molar-refractivity contribution < 1.29 is 4.39 Å². The van der Waals surface area contributed by atoms with Crippen molar-refractivity contribution in [2.24, 2.45) is 0 Å². The molecule has 1 heterocycles. The first kappa shape index (κ1) is 13.1. The average molecular weight is 280 g/mol. The lowest BCUT2D eigenvalue weighted by molar-refractivity contribution is 0.624. The Hall–Kier alpha value is -2.87. The van der Waals surface area contributed by atoms with Crippen molar-refractivity contribution in [3.63, 3.8) is 0 Å². The smallest absolute Gasteiger partial charge is 0.143 e. The predicted molar refractivity (Wildman–Crippen MR) is 79.4 cm³/mol. The first-order valence-electron chi connectivity index (χ1n) is 6.64. The number of benzene rings is 2. The number of nitrogens with one attached hydrogen (secondary N) is 2. The van der Waals surface area contributed by atoms with Crippen LogP contribution in [0.2, 0.25) is 0 Å². The van der Waals surface area contributed by atoms with Gasteiger partial charge in [0.1, 0.15) is 23.3 Å². The van der Waals surface area contributed by atoms with Crippen LogP contribution >= 0.6 is 0 Å². The Morgan fingerprint density at radius 1 is 1.19 bits per heavy atom. The van der Waals surface area contributed by atoms with Crippen LogP contribution in [0.15, 0.2) is 42.5 Å². The van der Waals surface area contributed by atoms with E-state index in [-0.39, 0.29) is 5.56 Å². The lowest BCUT2D eigenvalue weighted by Gasteiger charge is -2.07. The molecule has 0 amide bonds. The summed E-state index contributed by atoms with van der Waals surface area (Å²) < 4.78 is 13.5. The van der Waals surface area contributed by atoms with Gasteiger partial charge in [0.15, 0.2) is 0 Å². The molecule has 5 heteroatoms. The number of para-hydroxylation sites is 2. The number of rotatable bonds is 4. The maximum atomic E-state index is 13.5. The van der Waals surface area contributed by atoms with E-state index in [0.717, 1.165) is 16.9 Å². The fourth-order valence-electron chi connectivity index (χ4n) is 2.22. The Kier molecular flexibility index (Phi) is 3.52. The fraction of sp³-hybridized carbons (Fsp3) is 0.125. The van der Waals surface area contributed by atoms with Crippen molar-refractivity contribution in [3.05, 3.63) is 59.7 Å². The third-order valence-electron chi connectivity index (χ3n) is 3.24. The molecule has 3 aromatic rings. The van der Waals surface area contributed by atoms with Gasteiger partial charge in [0.05, 0.1) is 16.7 Å². The molecule has 0 atom stereocenters. The number of H-pyrrole nitrogens is 1. The van der Waals surface area contributed by atoms with Gasteiger partial charge in [-0.15, -0.1) is 0 Å². The SMILES string of the molecule is N#Cc1c(F)cccc1NCCc1nc2ccccc2[nH]1. The van der Waals surface area contributed by atoms with Crippen molar-refractivity contribution in [1.29, 1.82) is 5.26 Å². The van der Waals surface area contributed by atoms with Gasteiger partial charge in [0.2, 0.25) is 0 Å². The first-order chi connectivity index (χ1) is 10.3. The number of hydrogen-bond donors (Lipinski definition) is 2. The molecule has 0 bridgehead atoms. The summed E-state index contributed by atoms with van der Waals surface area (Å²) in [6.45, 7) is 0.567. The molecule has 0 aliphatic carbocycles. The average Bonchev–Trinajstić information content (AvgIpc) is 2.90. The van der Waals surface area contributed by atoms with Gasteiger partial charge in [-0.05, 0) is 24.3 Å². The largest absolute Gasteiger partial charge is 0.383 e. The fourth-order valence-corrected chi connectivity index (χ4v) is 2.22. The third kappa shape index (κ3) is 2.70. The number of aromatic amines is 1. The van der Waals surface area contributed by atoms with E-state index in [0.29, 0.717) is 18.7 Å². The minimum Gasteiger partial charge on any atom is -0.383 e. The van der Waals surface area contributed by atoms with E-state index in [1.165, 1.54) is 6.07 Å². The van der Waals surface area contributed by atoms with Crippen LogP contribution in [0.5, 0.6) is 0 Å². The van der Waals surface area contributed by atoms with Crippen molar-refractivity contribution in [3.8, 4) is 6.07 Å². The Morgan fingerprint density at radius 2 is 2.05 bits per heavy atom. The minimum atomic E-state index is -0.508. The molecular formula is C16H13FN4. The number of hydrogen-bond acceptors (Lipinski definition) is 3. The standard InChI is InChI=1S/C16H13FN4/c17-12-4-3-7-13(11(12)10-18)19-9-8-16-20-14-5-1-2-6-15(14)21-16/h1-7,19H,8-9H2,(H,20,21). The molecular weight excluding hydrogens is 267 g/mol. The summed E-state index contributed by atoms with van der Waals surface area (Å²) >= 11 is 0. The number of nitrogens with zero attached hydrogens (tertiary/aromatic N) is 2. The minimum absolute atomic E-state index is 0.0436. The van der Waals surface area contributed by atoms with E-state index in [2.05, 4.69) is 15.3 Å². The summed E-state index contributed by atoms with van der Waals surface area (Å²) in [6.07, 6.45) is 0.663. The monoisotopic (exact) mass is 280 g/mol. The quantitative estimate of drug-likeness (QED) is 0.771. The normalized spacial score (nSPS) is 10.5. The van der Waals surface area contributed by atoms with E-state index in [4.69, 9.17) is 5.26 Å². The lowest BCUT2D eigenvalue weighted by Crippen LogP contribution is -2.07. The Bertz CT molecular complexity index is 784. The zero-order valence-electron chi connectivity index (χ0n) is 11.2. The molecule has 0 saturated heterocycles. The van der Waals surface area contributed by atoms with Crippen LogP contribution in [0, 0.1) is 17.1 Å². The molecule has 2 aromatic carbocycles. The van der Waals surface area contributed by atoms with E-state index in [1.54, 1.807) is 12.1 Å². The Labute approximate surface area is 121 Å². The van der Waals surface area contributed by atoms with Crippen molar-refractivity contribution >= 4 is 16.7 Å². The van der Waals surface area contributed by atoms with Crippen LogP contribution in [0.1, 0.15) is 11.4 Å². The van der Waals surface area contributed by atoms with Crippen LogP contribution in [-0.4, -0.2) is 16.5 Å². The van der Waals surface area contributed by atoms with Gasteiger partial charge in [-0.1, -0.05) is 18.2 Å². The summed E-state index contributed by atoms with van der Waals surface area (Å²) in [5.41, 5.74) is 2.47. The van der Waals surface area contributed by atoms with Gasteiger partial charge >= 0.3 is 0 Å². The summed E-state index contributed by atoms with van der Waals surface area (Å²) in [4.78, 5) is 7.70. The maximum absolute atomic E-state index is 13.5. The zero-order chi connectivity index (χ0) is 14.7. The van der Waals surface area contributed by atoms with E-state index in [9.17, 15) is 4.39 Å². The summed E-state index contributed by atoms with van der Waals surface area (Å²) in [6, 6.07) is 14.2. The Morgan fingerprint density at radius 3 is 2.86 bits per heavy atom. The third-order valence-corrected chi connectivity index (χ3v) is 3.24. The van der Waals surface area contributed by atoms with Crippen molar-refractivity contribution in [2.45, 2.75) is 6.42 Å². The van der Waals surface area contributed by atoms with Gasteiger partial charge in [0, 0.05) is 13.0 Å². The second-order valence-corrected chi connectivity index (χ2v) is 4.65. The van der Waals surface area contributed by atoms with Crippen LogP contribution in [0.3, 0.4) is 0 Å². The number of nitriles is 1. The zero-order valence-corrected chi connectivity index (χ0v) is 11.2. The molecule has 1 aromatic heterocycles. The number of aromatic nitrogens is 2. The van der Waals surface area contributed by atoms with Gasteiger partial charge in [0.25, 0.3) is 0 Å². The van der Waals surface area contributed by atoms with Gasteiger partial charge in [-0.2, -0.15) is 5.26 Å². The molecule has 0 spiro atoms. The van der Waals surface area contributed by atoms with Crippen LogP contribution in [-0.2, 0) is 6.42 Å².